The quantitative estimate of drug-likeness (QED) is 0.476. The van der Waals surface area contributed by atoms with Crippen LogP contribution in [0.5, 0.6) is 0 Å². The minimum absolute atomic E-state index is 0.107. The van der Waals surface area contributed by atoms with Gasteiger partial charge in [0.15, 0.2) is 5.44 Å². The number of nitro groups is 1. The van der Waals surface area contributed by atoms with Crippen LogP contribution in [-0.2, 0) is 13.6 Å². The van der Waals surface area contributed by atoms with Gasteiger partial charge in [0.2, 0.25) is 0 Å². The van der Waals surface area contributed by atoms with Gasteiger partial charge in [-0.05, 0) is 19.9 Å². The zero-order valence-corrected chi connectivity index (χ0v) is 13.1. The summed E-state index contributed by atoms with van der Waals surface area (Å²) in [7, 11) is -3.62. The predicted octanol–water partition coefficient (Wildman–Crippen LogP) is 2.88. The van der Waals surface area contributed by atoms with Gasteiger partial charge in [-0.15, -0.1) is 0 Å². The number of nitrogens with one attached hydrogen (secondary N) is 1. The Morgan fingerprint density at radius 2 is 1.86 bits per heavy atom. The van der Waals surface area contributed by atoms with E-state index in [0.717, 1.165) is 0 Å². The van der Waals surface area contributed by atoms with Gasteiger partial charge in [-0.25, -0.2) is 0 Å². The Labute approximate surface area is 127 Å². The van der Waals surface area contributed by atoms with Crippen molar-refractivity contribution < 1.29 is 18.5 Å². The molecule has 8 nitrogen and oxygen atoms in total. The van der Waals surface area contributed by atoms with Gasteiger partial charge < -0.3 is 9.05 Å². The Hall–Kier alpha value is -2.02. The summed E-state index contributed by atoms with van der Waals surface area (Å²) in [6.45, 7) is 3.72. The number of hydrogen-bond donors (Lipinski definition) is 1. The van der Waals surface area contributed by atoms with E-state index in [9.17, 15) is 14.7 Å². The van der Waals surface area contributed by atoms with E-state index in [0.29, 0.717) is 11.1 Å². The van der Waals surface area contributed by atoms with Gasteiger partial charge >= 0.3 is 7.60 Å². The summed E-state index contributed by atoms with van der Waals surface area (Å²) in [5, 5.41) is 17.6. The first kappa shape index (κ1) is 16.4. The van der Waals surface area contributed by atoms with Crippen LogP contribution < -0.4 is 5.44 Å². The first-order valence-electron chi connectivity index (χ1n) is 6.70. The molecule has 0 atom stereocenters. The molecular weight excluding hydrogens is 309 g/mol. The Morgan fingerprint density at radius 3 is 2.45 bits per heavy atom. The molecule has 118 valence electrons. The van der Waals surface area contributed by atoms with Crippen LogP contribution in [0.15, 0.2) is 30.5 Å². The molecule has 9 heteroatoms. The second-order valence-electron chi connectivity index (χ2n) is 4.24. The third-order valence-corrected chi connectivity index (χ3v) is 4.97. The van der Waals surface area contributed by atoms with Gasteiger partial charge in [0, 0.05) is 11.6 Å². The molecule has 0 fully saturated rings. The van der Waals surface area contributed by atoms with Crippen LogP contribution in [0.25, 0.3) is 11.1 Å². The van der Waals surface area contributed by atoms with Crippen LogP contribution in [0, 0.1) is 10.1 Å². The molecule has 1 N–H and O–H groups in total. The van der Waals surface area contributed by atoms with Crippen LogP contribution in [0.3, 0.4) is 0 Å². The molecule has 1 aromatic heterocycles. The molecule has 0 aliphatic rings. The van der Waals surface area contributed by atoms with Crippen molar-refractivity contribution in [3.8, 4) is 11.1 Å². The predicted molar refractivity (Wildman–Crippen MR) is 81.2 cm³/mol. The van der Waals surface area contributed by atoms with E-state index >= 15 is 0 Å². The highest BCUT2D eigenvalue weighted by Crippen LogP contribution is 2.49. The van der Waals surface area contributed by atoms with Crippen LogP contribution >= 0.6 is 7.60 Å². The third-order valence-electron chi connectivity index (χ3n) is 2.88. The number of nitro benzene ring substituents is 1. The molecule has 0 saturated carbocycles. The zero-order chi connectivity index (χ0) is 16.2. The monoisotopic (exact) mass is 325 g/mol. The summed E-state index contributed by atoms with van der Waals surface area (Å²) >= 11 is 0. The highest BCUT2D eigenvalue weighted by atomic mass is 31.2. The highest BCUT2D eigenvalue weighted by Gasteiger charge is 2.34. The van der Waals surface area contributed by atoms with Gasteiger partial charge in [0.05, 0.1) is 29.9 Å². The van der Waals surface area contributed by atoms with E-state index in [1.165, 1.54) is 12.3 Å². The zero-order valence-electron chi connectivity index (χ0n) is 12.2. The molecule has 0 bridgehead atoms. The van der Waals surface area contributed by atoms with Crippen molar-refractivity contribution in [2.45, 2.75) is 13.8 Å². The average Bonchev–Trinajstić information content (AvgIpc) is 2.97. The molecule has 0 aliphatic carbocycles. The smallest absolute Gasteiger partial charge is 0.304 e. The van der Waals surface area contributed by atoms with Crippen LogP contribution in [0.4, 0.5) is 5.69 Å². The Kier molecular flexibility index (Phi) is 5.07. The van der Waals surface area contributed by atoms with Crippen LogP contribution in [0.1, 0.15) is 13.8 Å². The highest BCUT2D eigenvalue weighted by molar-refractivity contribution is 7.62. The van der Waals surface area contributed by atoms with E-state index in [1.54, 1.807) is 32.0 Å². The summed E-state index contributed by atoms with van der Waals surface area (Å²) in [5.74, 6) is 0. The fourth-order valence-corrected chi connectivity index (χ4v) is 3.72. The average molecular weight is 325 g/mol. The van der Waals surface area contributed by atoms with Crippen molar-refractivity contribution in [2.24, 2.45) is 0 Å². The molecule has 0 unspecified atom stereocenters. The van der Waals surface area contributed by atoms with Crippen LogP contribution in [-0.4, -0.2) is 28.3 Å². The molecule has 0 spiro atoms. The van der Waals surface area contributed by atoms with Crippen molar-refractivity contribution in [1.29, 1.82) is 0 Å². The molecule has 0 radical (unpaired) electrons. The largest absolute Gasteiger partial charge is 0.379 e. The minimum Gasteiger partial charge on any atom is -0.304 e. The van der Waals surface area contributed by atoms with Crippen molar-refractivity contribution >= 4 is 18.7 Å². The Morgan fingerprint density at radius 1 is 1.23 bits per heavy atom. The fourth-order valence-electron chi connectivity index (χ4n) is 2.05. The minimum atomic E-state index is -3.62. The second-order valence-corrected chi connectivity index (χ2v) is 6.20. The lowest BCUT2D eigenvalue weighted by Gasteiger charge is -2.16. The van der Waals surface area contributed by atoms with E-state index < -0.39 is 12.5 Å². The standard InChI is InChI=1S/C13H16N3O5P/c1-3-20-22(19,21-4-2)13-11(9-14-15-13)10-7-5-6-8-12(10)16(17)18/h5-9H,3-4H2,1-2H3,(H,14,15). The van der Waals surface area contributed by atoms with Crippen LogP contribution in [0.2, 0.25) is 0 Å². The van der Waals surface area contributed by atoms with Crippen molar-refractivity contribution in [3.05, 3.63) is 40.6 Å². The topological polar surface area (TPSA) is 107 Å². The number of benzene rings is 1. The summed E-state index contributed by atoms with van der Waals surface area (Å²) in [4.78, 5) is 10.7. The van der Waals surface area contributed by atoms with E-state index in [2.05, 4.69) is 10.2 Å². The number of H-pyrrole nitrogens is 1. The maximum Gasteiger partial charge on any atom is 0.379 e. The van der Waals surface area contributed by atoms with Crippen molar-refractivity contribution in [3.63, 3.8) is 0 Å². The molecular formula is C13H16N3O5P. The van der Waals surface area contributed by atoms with Gasteiger partial charge in [0.25, 0.3) is 5.69 Å². The lowest BCUT2D eigenvalue weighted by Crippen LogP contribution is -2.14. The molecule has 0 amide bonds. The maximum atomic E-state index is 12.9. The number of aromatic amines is 1. The van der Waals surface area contributed by atoms with E-state index in [4.69, 9.17) is 9.05 Å². The molecule has 2 aromatic rings. The number of para-hydroxylation sites is 1. The lowest BCUT2D eigenvalue weighted by molar-refractivity contribution is -0.384. The van der Waals surface area contributed by atoms with Gasteiger partial charge in [-0.2, -0.15) is 5.10 Å². The fraction of sp³-hybridized carbons (Fsp3) is 0.308. The van der Waals surface area contributed by atoms with E-state index in [1.807, 2.05) is 0 Å². The van der Waals surface area contributed by atoms with E-state index in [-0.39, 0.29) is 24.3 Å². The van der Waals surface area contributed by atoms with Gasteiger partial charge in [-0.3, -0.25) is 19.8 Å². The van der Waals surface area contributed by atoms with Gasteiger partial charge in [-0.1, -0.05) is 12.1 Å². The van der Waals surface area contributed by atoms with Gasteiger partial charge in [0.1, 0.15) is 0 Å². The van der Waals surface area contributed by atoms with Crippen molar-refractivity contribution in [2.75, 3.05) is 13.2 Å². The summed E-state index contributed by atoms with van der Waals surface area (Å²) in [6, 6.07) is 6.16. The van der Waals surface area contributed by atoms with Crippen molar-refractivity contribution in [1.82, 2.24) is 10.2 Å². The number of aromatic nitrogens is 2. The maximum absolute atomic E-state index is 12.9. The molecule has 1 aromatic carbocycles. The summed E-state index contributed by atoms with van der Waals surface area (Å²) in [5.41, 5.74) is 0.642. The first-order valence-corrected chi connectivity index (χ1v) is 8.24. The molecule has 0 aliphatic heterocycles. The molecule has 1 heterocycles. The Bertz CT molecular complexity index is 705. The number of nitrogens with zero attached hydrogens (tertiary/aromatic N) is 2. The SMILES string of the molecule is CCOP(=O)(OCC)c1[nH]ncc1-c1ccccc1[N+](=O)[O-]. The first-order chi connectivity index (χ1) is 10.5. The summed E-state index contributed by atoms with van der Waals surface area (Å²) < 4.78 is 23.4. The summed E-state index contributed by atoms with van der Waals surface area (Å²) in [6.07, 6.45) is 1.38. The second kappa shape index (κ2) is 6.83. The number of rotatable bonds is 7. The Balaban J connectivity index is 2.59. The third kappa shape index (κ3) is 3.09. The molecule has 2 rings (SSSR count). The lowest BCUT2D eigenvalue weighted by atomic mass is 10.1. The normalized spacial score (nSPS) is 11.5. The molecule has 0 saturated heterocycles. The molecule has 22 heavy (non-hydrogen) atoms. The number of hydrogen-bond acceptors (Lipinski definition) is 6.